The fraction of sp³-hybridized carbons (Fsp3) is 1.00. The maximum absolute atomic E-state index is 10.0. The lowest BCUT2D eigenvalue weighted by Crippen LogP contribution is -2.52. The topological polar surface area (TPSA) is 82.4 Å². The molecule has 0 unspecified atom stereocenters. The number of ether oxygens (including phenoxy) is 2. The standard InChI is InChI=1S/C19H35NO5/c21-3-1-20(2-4-22)13-18(23)14-24-5-6-25-19-10-15-7-16(11-19)9-17(8-15)12-19/h15-18,21-23H,1-14H2/t15?,16?,17?,18-,19?/m1/s1. The molecule has 0 aliphatic heterocycles. The second-order valence-corrected chi connectivity index (χ2v) is 8.43. The summed E-state index contributed by atoms with van der Waals surface area (Å²) in [5.74, 6) is 2.66. The minimum absolute atomic E-state index is 0.0203. The van der Waals surface area contributed by atoms with E-state index < -0.39 is 6.10 Å². The van der Waals surface area contributed by atoms with E-state index in [2.05, 4.69) is 0 Å². The molecule has 0 saturated heterocycles. The van der Waals surface area contributed by atoms with E-state index in [0.29, 0.717) is 32.8 Å². The molecule has 0 aromatic heterocycles. The van der Waals surface area contributed by atoms with E-state index in [1.54, 1.807) is 0 Å². The van der Waals surface area contributed by atoms with Crippen molar-refractivity contribution < 1.29 is 24.8 Å². The third-order valence-electron chi connectivity index (χ3n) is 6.23. The predicted molar refractivity (Wildman–Crippen MR) is 94.3 cm³/mol. The van der Waals surface area contributed by atoms with E-state index in [1.165, 1.54) is 38.5 Å². The summed E-state index contributed by atoms with van der Waals surface area (Å²) < 4.78 is 11.9. The van der Waals surface area contributed by atoms with Gasteiger partial charge in [0.1, 0.15) is 0 Å². The van der Waals surface area contributed by atoms with Gasteiger partial charge in [0.15, 0.2) is 0 Å². The Morgan fingerprint density at radius 3 is 2.00 bits per heavy atom. The number of hydrogen-bond donors (Lipinski definition) is 3. The molecule has 3 N–H and O–H groups in total. The van der Waals surface area contributed by atoms with Crippen molar-refractivity contribution in [3.05, 3.63) is 0 Å². The van der Waals surface area contributed by atoms with Crippen molar-refractivity contribution in [1.82, 2.24) is 4.90 Å². The zero-order valence-corrected chi connectivity index (χ0v) is 15.3. The Morgan fingerprint density at radius 2 is 1.48 bits per heavy atom. The molecule has 6 nitrogen and oxygen atoms in total. The first-order chi connectivity index (χ1) is 12.1. The lowest BCUT2D eigenvalue weighted by molar-refractivity contribution is -0.170. The van der Waals surface area contributed by atoms with Crippen LogP contribution in [-0.2, 0) is 9.47 Å². The molecule has 4 aliphatic carbocycles. The maximum atomic E-state index is 10.0. The predicted octanol–water partition coefficient (Wildman–Crippen LogP) is 0.636. The van der Waals surface area contributed by atoms with Crippen LogP contribution in [0.25, 0.3) is 0 Å². The Kier molecular flexibility index (Phi) is 7.11. The van der Waals surface area contributed by atoms with E-state index in [4.69, 9.17) is 19.7 Å². The molecule has 4 fully saturated rings. The van der Waals surface area contributed by atoms with Crippen molar-refractivity contribution in [2.75, 3.05) is 52.7 Å². The first-order valence-corrected chi connectivity index (χ1v) is 9.96. The van der Waals surface area contributed by atoms with Crippen molar-refractivity contribution in [2.45, 2.75) is 50.2 Å². The van der Waals surface area contributed by atoms with E-state index >= 15 is 0 Å². The van der Waals surface area contributed by atoms with Crippen LogP contribution in [0.4, 0.5) is 0 Å². The molecular weight excluding hydrogens is 322 g/mol. The Hall–Kier alpha value is -0.240. The van der Waals surface area contributed by atoms with Crippen LogP contribution >= 0.6 is 0 Å². The van der Waals surface area contributed by atoms with Crippen LogP contribution in [0, 0.1) is 17.8 Å². The minimum Gasteiger partial charge on any atom is -0.395 e. The fourth-order valence-corrected chi connectivity index (χ4v) is 5.67. The number of aliphatic hydroxyl groups is 3. The van der Waals surface area contributed by atoms with E-state index in [1.807, 2.05) is 4.90 Å². The Morgan fingerprint density at radius 1 is 0.920 bits per heavy atom. The normalized spacial score (nSPS) is 34.8. The summed E-state index contributed by atoms with van der Waals surface area (Å²) in [6.07, 6.45) is 7.35. The number of hydrogen-bond acceptors (Lipinski definition) is 6. The average molecular weight is 357 g/mol. The zero-order chi connectivity index (χ0) is 17.7. The van der Waals surface area contributed by atoms with Gasteiger partial charge in [-0.05, 0) is 56.3 Å². The third kappa shape index (κ3) is 5.37. The highest BCUT2D eigenvalue weighted by Crippen LogP contribution is 2.57. The van der Waals surface area contributed by atoms with Gasteiger partial charge in [0, 0.05) is 19.6 Å². The van der Waals surface area contributed by atoms with Gasteiger partial charge in [0.2, 0.25) is 0 Å². The highest BCUT2D eigenvalue weighted by molar-refractivity contribution is 5.03. The molecule has 4 bridgehead atoms. The molecule has 6 heteroatoms. The second-order valence-electron chi connectivity index (χ2n) is 8.43. The molecule has 1 atom stereocenters. The molecule has 25 heavy (non-hydrogen) atoms. The summed E-state index contributed by atoms with van der Waals surface area (Å²) in [4.78, 5) is 1.83. The van der Waals surface area contributed by atoms with Gasteiger partial charge >= 0.3 is 0 Å². The number of rotatable bonds is 12. The second kappa shape index (κ2) is 9.11. The van der Waals surface area contributed by atoms with Crippen LogP contribution in [0.2, 0.25) is 0 Å². The largest absolute Gasteiger partial charge is 0.395 e. The van der Waals surface area contributed by atoms with Gasteiger partial charge in [-0.25, -0.2) is 0 Å². The van der Waals surface area contributed by atoms with Gasteiger partial charge < -0.3 is 24.8 Å². The van der Waals surface area contributed by atoms with Crippen molar-refractivity contribution in [2.24, 2.45) is 17.8 Å². The van der Waals surface area contributed by atoms with Crippen molar-refractivity contribution >= 4 is 0 Å². The van der Waals surface area contributed by atoms with Gasteiger partial charge in [-0.1, -0.05) is 0 Å². The molecule has 4 rings (SSSR count). The van der Waals surface area contributed by atoms with Crippen molar-refractivity contribution in [3.8, 4) is 0 Å². The summed E-state index contributed by atoms with van der Waals surface area (Å²) in [5, 5.41) is 28.0. The van der Waals surface area contributed by atoms with E-state index in [-0.39, 0.29) is 25.4 Å². The summed E-state index contributed by atoms with van der Waals surface area (Å²) >= 11 is 0. The summed E-state index contributed by atoms with van der Waals surface area (Å²) in [6, 6.07) is 0. The molecular formula is C19H35NO5. The van der Waals surface area contributed by atoms with Crippen LogP contribution in [0.3, 0.4) is 0 Å². The summed E-state index contributed by atoms with van der Waals surface area (Å²) in [7, 11) is 0. The van der Waals surface area contributed by atoms with Crippen molar-refractivity contribution in [1.29, 1.82) is 0 Å². The first-order valence-electron chi connectivity index (χ1n) is 9.96. The van der Waals surface area contributed by atoms with Gasteiger partial charge in [-0.3, -0.25) is 4.90 Å². The summed E-state index contributed by atoms with van der Waals surface area (Å²) in [5.41, 5.74) is 0.121. The van der Waals surface area contributed by atoms with Gasteiger partial charge in [-0.2, -0.15) is 0 Å². The third-order valence-corrected chi connectivity index (χ3v) is 6.23. The molecule has 0 amide bonds. The summed E-state index contributed by atoms with van der Waals surface area (Å²) in [6.45, 7) is 2.72. The number of nitrogens with zero attached hydrogens (tertiary/aromatic N) is 1. The fourth-order valence-electron chi connectivity index (χ4n) is 5.67. The maximum Gasteiger partial charge on any atom is 0.0900 e. The molecule has 0 aromatic rings. The van der Waals surface area contributed by atoms with Crippen LogP contribution in [-0.4, -0.2) is 84.6 Å². The molecule has 0 heterocycles. The van der Waals surface area contributed by atoms with Gasteiger partial charge in [0.25, 0.3) is 0 Å². The average Bonchev–Trinajstić information content (AvgIpc) is 2.53. The van der Waals surface area contributed by atoms with Crippen LogP contribution in [0.5, 0.6) is 0 Å². The number of aliphatic hydroxyl groups excluding tert-OH is 3. The van der Waals surface area contributed by atoms with E-state index in [9.17, 15) is 5.11 Å². The highest BCUT2D eigenvalue weighted by atomic mass is 16.5. The Balaban J connectivity index is 1.30. The van der Waals surface area contributed by atoms with E-state index in [0.717, 1.165) is 17.8 Å². The molecule has 4 aliphatic rings. The van der Waals surface area contributed by atoms with Gasteiger partial charge in [-0.15, -0.1) is 0 Å². The molecule has 0 radical (unpaired) electrons. The molecule has 146 valence electrons. The van der Waals surface area contributed by atoms with Crippen molar-refractivity contribution in [3.63, 3.8) is 0 Å². The molecule has 4 saturated carbocycles. The van der Waals surface area contributed by atoms with Crippen LogP contribution in [0.15, 0.2) is 0 Å². The highest BCUT2D eigenvalue weighted by Gasteiger charge is 2.51. The lowest BCUT2D eigenvalue weighted by atomic mass is 9.54. The Bertz CT molecular complexity index is 364. The van der Waals surface area contributed by atoms with Crippen LogP contribution in [0.1, 0.15) is 38.5 Å². The first kappa shape index (κ1) is 19.5. The minimum atomic E-state index is -0.613. The lowest BCUT2D eigenvalue weighted by Gasteiger charge is -2.56. The smallest absolute Gasteiger partial charge is 0.0900 e. The van der Waals surface area contributed by atoms with Gasteiger partial charge in [0.05, 0.1) is 44.7 Å². The zero-order valence-electron chi connectivity index (χ0n) is 15.3. The molecule has 0 spiro atoms. The quantitative estimate of drug-likeness (QED) is 0.445. The Labute approximate surface area is 151 Å². The SMILES string of the molecule is OCCN(CCO)C[C@@H](O)COCCOC12CC3CC(CC(C3)C1)C2. The molecule has 0 aromatic carbocycles. The monoisotopic (exact) mass is 357 g/mol. The van der Waals surface area contributed by atoms with Crippen LogP contribution < -0.4 is 0 Å².